The number of likely N-dealkylation sites (N-methyl/N-ethyl adjacent to an activating group) is 1. The SMILES string of the molecule is COc1ccc(CN2C(=O)C3(CCC3)c3cc(-c4ccnn4-c4ccc(F)cc4F)cc(N4CCN(C)CC4)c32)cc1. The second kappa shape index (κ2) is 10.2. The van der Waals surface area contributed by atoms with E-state index in [1.807, 2.05) is 35.2 Å². The van der Waals surface area contributed by atoms with Crippen molar-refractivity contribution in [2.45, 2.75) is 31.2 Å². The number of hydrogen-bond acceptors (Lipinski definition) is 5. The van der Waals surface area contributed by atoms with Crippen LogP contribution in [-0.2, 0) is 16.8 Å². The summed E-state index contributed by atoms with van der Waals surface area (Å²) in [7, 11) is 3.77. The molecule has 42 heavy (non-hydrogen) atoms. The molecule has 1 amide bonds. The van der Waals surface area contributed by atoms with Gasteiger partial charge in [0.1, 0.15) is 17.3 Å². The molecule has 0 radical (unpaired) electrons. The molecule has 1 aromatic heterocycles. The van der Waals surface area contributed by atoms with E-state index in [2.05, 4.69) is 34.1 Å². The summed E-state index contributed by atoms with van der Waals surface area (Å²) in [5.41, 5.74) is 5.20. The lowest BCUT2D eigenvalue weighted by molar-refractivity contribution is -0.126. The molecule has 1 spiro atoms. The molecule has 4 aromatic rings. The fraction of sp³-hybridized carbons (Fsp3) is 0.333. The van der Waals surface area contributed by atoms with Crippen LogP contribution in [0.4, 0.5) is 20.2 Å². The minimum absolute atomic E-state index is 0.144. The molecule has 1 saturated carbocycles. The van der Waals surface area contributed by atoms with Crippen LogP contribution in [0.2, 0.25) is 0 Å². The number of rotatable bonds is 6. The van der Waals surface area contributed by atoms with E-state index in [0.717, 1.165) is 85.3 Å². The van der Waals surface area contributed by atoms with Crippen molar-refractivity contribution in [2.75, 3.05) is 50.1 Å². The van der Waals surface area contributed by atoms with Gasteiger partial charge in [-0.05, 0) is 73.5 Å². The lowest BCUT2D eigenvalue weighted by Gasteiger charge is -2.37. The lowest BCUT2D eigenvalue weighted by Crippen LogP contribution is -2.45. The van der Waals surface area contributed by atoms with Gasteiger partial charge in [0.25, 0.3) is 0 Å². The van der Waals surface area contributed by atoms with E-state index in [0.29, 0.717) is 12.2 Å². The number of nitrogens with zero attached hydrogens (tertiary/aromatic N) is 5. The van der Waals surface area contributed by atoms with E-state index >= 15 is 0 Å². The van der Waals surface area contributed by atoms with E-state index in [1.165, 1.54) is 16.8 Å². The topological polar surface area (TPSA) is 53.8 Å². The Labute approximate surface area is 243 Å². The van der Waals surface area contributed by atoms with E-state index in [1.54, 1.807) is 13.3 Å². The third kappa shape index (κ3) is 4.26. The molecule has 3 heterocycles. The van der Waals surface area contributed by atoms with E-state index in [4.69, 9.17) is 4.74 Å². The molecule has 0 unspecified atom stereocenters. The van der Waals surface area contributed by atoms with E-state index in [-0.39, 0.29) is 11.6 Å². The fourth-order valence-corrected chi connectivity index (χ4v) is 6.62. The normalized spacial score (nSPS) is 18.0. The van der Waals surface area contributed by atoms with Crippen molar-refractivity contribution in [3.8, 4) is 22.7 Å². The minimum Gasteiger partial charge on any atom is -0.497 e. The zero-order valence-electron chi connectivity index (χ0n) is 23.8. The third-order valence-electron chi connectivity index (χ3n) is 9.16. The first-order valence-corrected chi connectivity index (χ1v) is 14.4. The molecule has 3 aliphatic rings. The van der Waals surface area contributed by atoms with Crippen molar-refractivity contribution in [2.24, 2.45) is 0 Å². The molecule has 9 heteroatoms. The Hall–Kier alpha value is -4.24. The first-order valence-electron chi connectivity index (χ1n) is 14.4. The maximum absolute atomic E-state index is 14.9. The van der Waals surface area contributed by atoms with Crippen molar-refractivity contribution >= 4 is 17.3 Å². The standard InChI is InChI=1S/C33H33F2N5O2/c1-37-14-16-38(17-15-37)30-19-23(28-10-13-36-40(28)29-9-6-24(34)20-27(29)35)18-26-31(30)39(32(41)33(26)11-3-12-33)21-22-4-7-25(42-2)8-5-22/h4-10,13,18-20H,3,11-12,14-17,21H2,1-2H3. The number of aromatic nitrogens is 2. The summed E-state index contributed by atoms with van der Waals surface area (Å²) in [5, 5.41) is 4.42. The molecular formula is C33H33F2N5O2. The minimum atomic E-state index is -0.684. The molecular weight excluding hydrogens is 536 g/mol. The maximum atomic E-state index is 14.9. The van der Waals surface area contributed by atoms with Crippen molar-refractivity contribution in [3.05, 3.63) is 89.6 Å². The Kier molecular flexibility index (Phi) is 6.50. The van der Waals surface area contributed by atoms with Crippen LogP contribution in [0.15, 0.2) is 66.9 Å². The van der Waals surface area contributed by atoms with Gasteiger partial charge in [0, 0.05) is 37.8 Å². The largest absolute Gasteiger partial charge is 0.497 e. The Bertz CT molecular complexity index is 1660. The van der Waals surface area contributed by atoms with Crippen LogP contribution in [-0.4, -0.2) is 60.9 Å². The van der Waals surface area contributed by atoms with Crippen LogP contribution in [0, 0.1) is 11.6 Å². The summed E-state index contributed by atoms with van der Waals surface area (Å²) < 4.78 is 35.5. The van der Waals surface area contributed by atoms with Gasteiger partial charge < -0.3 is 19.4 Å². The van der Waals surface area contributed by atoms with Gasteiger partial charge in [0.15, 0.2) is 5.82 Å². The first-order chi connectivity index (χ1) is 20.4. The van der Waals surface area contributed by atoms with Gasteiger partial charge in [-0.2, -0.15) is 5.10 Å². The fourth-order valence-electron chi connectivity index (χ4n) is 6.62. The van der Waals surface area contributed by atoms with Gasteiger partial charge in [0.05, 0.1) is 42.3 Å². The molecule has 216 valence electrons. The molecule has 2 fully saturated rings. The van der Waals surface area contributed by atoms with Crippen LogP contribution in [0.25, 0.3) is 16.9 Å². The average Bonchev–Trinajstić information content (AvgIpc) is 3.54. The predicted octanol–water partition coefficient (Wildman–Crippen LogP) is 5.55. The van der Waals surface area contributed by atoms with Gasteiger partial charge >= 0.3 is 0 Å². The van der Waals surface area contributed by atoms with Gasteiger partial charge in [-0.25, -0.2) is 13.5 Å². The summed E-state index contributed by atoms with van der Waals surface area (Å²) in [4.78, 5) is 21.0. The molecule has 7 nitrogen and oxygen atoms in total. The molecule has 0 N–H and O–H groups in total. The van der Waals surface area contributed by atoms with Crippen molar-refractivity contribution in [3.63, 3.8) is 0 Å². The summed E-state index contributed by atoms with van der Waals surface area (Å²) in [6.07, 6.45) is 4.22. The third-order valence-corrected chi connectivity index (χ3v) is 9.16. The molecule has 0 bridgehead atoms. The Morgan fingerprint density at radius 2 is 1.69 bits per heavy atom. The summed E-state index contributed by atoms with van der Waals surface area (Å²) in [5.74, 6) is -0.400. The highest BCUT2D eigenvalue weighted by Gasteiger charge is 2.55. The smallest absolute Gasteiger partial charge is 0.238 e. The number of piperazine rings is 1. The van der Waals surface area contributed by atoms with Gasteiger partial charge in [-0.15, -0.1) is 0 Å². The monoisotopic (exact) mass is 569 g/mol. The molecule has 7 rings (SSSR count). The van der Waals surface area contributed by atoms with E-state index < -0.39 is 17.0 Å². The maximum Gasteiger partial charge on any atom is 0.238 e. The van der Waals surface area contributed by atoms with Gasteiger partial charge in [-0.3, -0.25) is 4.79 Å². The number of halogens is 2. The molecule has 1 aliphatic carbocycles. The Balaban J connectivity index is 1.39. The number of methoxy groups -OCH3 is 1. The second-order valence-corrected chi connectivity index (χ2v) is 11.6. The van der Waals surface area contributed by atoms with Crippen molar-refractivity contribution in [1.29, 1.82) is 0 Å². The number of anilines is 2. The first kappa shape index (κ1) is 26.6. The number of carbonyl (C=O) groups excluding carboxylic acids is 1. The predicted molar refractivity (Wildman–Crippen MR) is 158 cm³/mol. The van der Waals surface area contributed by atoms with E-state index in [9.17, 15) is 13.6 Å². The highest BCUT2D eigenvalue weighted by atomic mass is 19.1. The zero-order chi connectivity index (χ0) is 29.0. The lowest BCUT2D eigenvalue weighted by atomic mass is 9.65. The van der Waals surface area contributed by atoms with Crippen molar-refractivity contribution in [1.82, 2.24) is 14.7 Å². The average molecular weight is 570 g/mol. The summed E-state index contributed by atoms with van der Waals surface area (Å²) in [6.45, 7) is 3.95. The number of hydrogen-bond donors (Lipinski definition) is 0. The number of fused-ring (bicyclic) bond motifs is 2. The number of ether oxygens (including phenoxy) is 1. The Morgan fingerprint density at radius 3 is 2.36 bits per heavy atom. The van der Waals surface area contributed by atoms with Gasteiger partial charge in [0.2, 0.25) is 5.91 Å². The highest BCUT2D eigenvalue weighted by Crippen LogP contribution is 2.57. The molecule has 1 saturated heterocycles. The van der Waals surface area contributed by atoms with Gasteiger partial charge in [-0.1, -0.05) is 18.6 Å². The molecule has 3 aromatic carbocycles. The Morgan fingerprint density at radius 1 is 0.929 bits per heavy atom. The second-order valence-electron chi connectivity index (χ2n) is 11.6. The highest BCUT2D eigenvalue weighted by molar-refractivity contribution is 6.12. The molecule has 0 atom stereocenters. The van der Waals surface area contributed by atoms with Crippen LogP contribution < -0.4 is 14.5 Å². The summed E-state index contributed by atoms with van der Waals surface area (Å²) in [6, 6.07) is 17.5. The van der Waals surface area contributed by atoms with Crippen LogP contribution in [0.3, 0.4) is 0 Å². The number of benzene rings is 3. The summed E-state index contributed by atoms with van der Waals surface area (Å²) >= 11 is 0. The number of amides is 1. The van der Waals surface area contributed by atoms with Crippen LogP contribution >= 0.6 is 0 Å². The van der Waals surface area contributed by atoms with Crippen LogP contribution in [0.5, 0.6) is 5.75 Å². The number of carbonyl (C=O) groups is 1. The van der Waals surface area contributed by atoms with Crippen molar-refractivity contribution < 1.29 is 18.3 Å². The quantitative estimate of drug-likeness (QED) is 0.305. The molecule has 2 aliphatic heterocycles. The van der Waals surface area contributed by atoms with Crippen LogP contribution in [0.1, 0.15) is 30.4 Å². The zero-order valence-corrected chi connectivity index (χ0v) is 23.8.